The summed E-state index contributed by atoms with van der Waals surface area (Å²) in [5.74, 6) is -1.26. The van der Waals surface area contributed by atoms with Gasteiger partial charge in [0.2, 0.25) is 0 Å². The predicted octanol–water partition coefficient (Wildman–Crippen LogP) is 10.9. The van der Waals surface area contributed by atoms with Crippen molar-refractivity contribution in [2.45, 2.75) is 23.8 Å². The Morgan fingerprint density at radius 1 is 0.517 bits per heavy atom. The van der Waals surface area contributed by atoms with E-state index in [2.05, 4.69) is 77.7 Å². The Kier molecular flexibility index (Phi) is 3.78. The summed E-state index contributed by atoms with van der Waals surface area (Å²) >= 11 is 0. The zero-order valence-corrected chi connectivity index (χ0v) is 32.0. The van der Waals surface area contributed by atoms with Gasteiger partial charge in [-0.1, -0.05) is 78.9 Å². The van der Waals surface area contributed by atoms with Gasteiger partial charge in [-0.2, -0.15) is 0 Å². The molecule has 0 saturated carbocycles. The second kappa shape index (κ2) is 8.04. The van der Waals surface area contributed by atoms with Crippen molar-refractivity contribution in [2.24, 2.45) is 5.92 Å². The molecule has 5 atom stereocenters. The minimum absolute atomic E-state index is 0.165. The number of benzene rings is 8. The lowest BCUT2D eigenvalue weighted by Gasteiger charge is -2.50. The van der Waals surface area contributed by atoms with Gasteiger partial charge >= 0.3 is 11.9 Å². The highest BCUT2D eigenvalue weighted by Gasteiger charge is 2.59. The minimum atomic E-state index is -0.523. The van der Waals surface area contributed by atoms with E-state index in [4.69, 9.17) is 9.47 Å². The number of fused-ring (bicyclic) bond motifs is 10. The Labute approximate surface area is 338 Å². The second-order valence-electron chi connectivity index (χ2n) is 18.9. The van der Waals surface area contributed by atoms with E-state index < -0.39 is 17.9 Å². The summed E-state index contributed by atoms with van der Waals surface area (Å²) in [5.41, 5.74) is 12.4. The number of allylic oxidation sites excluding steroid dienone is 3. The number of anilines is 1. The molecule has 5 unspecified atom stereocenters. The number of hydrogen-bond donors (Lipinski definition) is 0. The summed E-state index contributed by atoms with van der Waals surface area (Å²) in [6, 6.07) is 22.4. The second-order valence-corrected chi connectivity index (χ2v) is 18.9. The van der Waals surface area contributed by atoms with Crippen molar-refractivity contribution in [3.05, 3.63) is 129 Å². The van der Waals surface area contributed by atoms with Gasteiger partial charge in [-0.15, -0.1) is 0 Å². The molecule has 5 nitrogen and oxygen atoms in total. The smallest absolute Gasteiger partial charge is 0.355 e. The lowest BCUT2D eigenvalue weighted by Crippen LogP contribution is -2.52. The van der Waals surface area contributed by atoms with Crippen LogP contribution in [0.15, 0.2) is 95.7 Å². The van der Waals surface area contributed by atoms with E-state index in [0.29, 0.717) is 5.57 Å². The Hall–Kier alpha value is -7.24. The van der Waals surface area contributed by atoms with E-state index in [1.807, 2.05) is 12.1 Å². The standard InChI is InChI=1S/C55H25NO4/c1-59-54(57)52-42-37-25-15-13-23-21-11-9-19-18-8-10-20-22-12-14-24-34-32(22)40-30(20)28(18)39-29(19)31(21)41-33(23)35(25)44-46(37)45(43(34)50-48(40)47(39)49(41)51(44)50)36(24)38(42)27-16-7-17-5-3-4-6-26(17)56(27)53(52)55(58)60-2/h3-16,27,32,34,38,42H,1-2H3. The van der Waals surface area contributed by atoms with Gasteiger partial charge in [-0.25, -0.2) is 9.59 Å². The van der Waals surface area contributed by atoms with Crippen LogP contribution in [0, 0.1) is 5.92 Å². The molecule has 12 aromatic rings. The number of methoxy groups -OCH3 is 2. The fourth-order valence-electron chi connectivity index (χ4n) is 16.1. The first-order valence-electron chi connectivity index (χ1n) is 21.3. The molecule has 19 rings (SSSR count). The first-order valence-corrected chi connectivity index (χ1v) is 21.3. The van der Waals surface area contributed by atoms with Crippen molar-refractivity contribution in [3.63, 3.8) is 0 Å². The molecule has 7 aliphatic rings. The van der Waals surface area contributed by atoms with Crippen molar-refractivity contribution in [2.75, 3.05) is 19.1 Å². The average molecular weight is 764 g/mol. The van der Waals surface area contributed by atoms with Crippen LogP contribution in [0.2, 0.25) is 0 Å². The maximum atomic E-state index is 14.9. The van der Waals surface area contributed by atoms with E-state index >= 15 is 0 Å². The molecular formula is C55H25NO4. The van der Waals surface area contributed by atoms with Crippen LogP contribution < -0.4 is 10.1 Å². The summed E-state index contributed by atoms with van der Waals surface area (Å²) in [6.07, 6.45) is 9.44. The number of hydrogen-bond acceptors (Lipinski definition) is 5. The lowest BCUT2D eigenvalue weighted by atomic mass is 9.63. The third kappa shape index (κ3) is 2.24. The Bertz CT molecular complexity index is 4440. The van der Waals surface area contributed by atoms with Crippen LogP contribution in [0.3, 0.4) is 0 Å². The number of rotatable bonds is 2. The summed E-state index contributed by atoms with van der Waals surface area (Å²) in [6.45, 7) is 0. The van der Waals surface area contributed by atoms with Crippen molar-refractivity contribution < 1.29 is 19.1 Å². The molecule has 5 heteroatoms. The zero-order valence-electron chi connectivity index (χ0n) is 32.0. The largest absolute Gasteiger partial charge is 0.466 e. The number of carbonyl (C=O) groups is 2. The number of ether oxygens (including phenoxy) is 2. The van der Waals surface area contributed by atoms with Crippen molar-refractivity contribution in [3.8, 4) is 0 Å². The summed E-state index contributed by atoms with van der Waals surface area (Å²) in [5, 5.41) is 29.5. The highest BCUT2D eigenvalue weighted by atomic mass is 16.5. The summed E-state index contributed by atoms with van der Waals surface area (Å²) in [7, 11) is 2.88. The molecule has 12 aromatic carbocycles. The highest BCUT2D eigenvalue weighted by molar-refractivity contribution is 6.62. The molecule has 0 bridgehead atoms. The molecule has 274 valence electrons. The third-order valence-corrected chi connectivity index (χ3v) is 17.5. The SMILES string of the molecule is COC(=O)C1=C(C(=O)OC)N2c3ccccc3C=CC2C2C3=C4C=CC5=c6ccc7c8ccc9c%10ccc%11c(c%12c3c3c%13c%14c(c6c7c6c8c9c7c%10c%11c%12c%13c7c%146)C5C43)C12. The normalized spacial score (nSPS) is 24.1. The fraction of sp³-hybridized carbons (Fsp3) is 0.127. The number of esters is 2. The molecule has 0 radical (unpaired) electrons. The van der Waals surface area contributed by atoms with Crippen LogP contribution in [-0.4, -0.2) is 32.2 Å². The van der Waals surface area contributed by atoms with E-state index in [1.54, 1.807) is 5.56 Å². The summed E-state index contributed by atoms with van der Waals surface area (Å²) < 4.78 is 11.5. The van der Waals surface area contributed by atoms with Gasteiger partial charge in [0.05, 0.1) is 25.8 Å². The number of carbonyl (C=O) groups excluding carboxylic acids is 2. The quantitative estimate of drug-likeness (QED) is 0.130. The van der Waals surface area contributed by atoms with Crippen LogP contribution in [0.1, 0.15) is 45.6 Å². The Morgan fingerprint density at radius 3 is 1.85 bits per heavy atom. The first-order chi connectivity index (χ1) is 29.6. The van der Waals surface area contributed by atoms with Gasteiger partial charge in [-0.3, -0.25) is 0 Å². The minimum Gasteiger partial charge on any atom is -0.466 e. The van der Waals surface area contributed by atoms with E-state index in [0.717, 1.165) is 11.3 Å². The molecule has 0 amide bonds. The molecule has 5 aliphatic carbocycles. The molecule has 2 heterocycles. The van der Waals surface area contributed by atoms with Crippen molar-refractivity contribution >= 4 is 143 Å². The van der Waals surface area contributed by atoms with Crippen molar-refractivity contribution in [1.29, 1.82) is 0 Å². The first kappa shape index (κ1) is 28.2. The molecule has 0 aromatic heterocycles. The van der Waals surface area contributed by atoms with Crippen LogP contribution in [0.4, 0.5) is 5.69 Å². The third-order valence-electron chi connectivity index (χ3n) is 17.5. The molecule has 2 aliphatic heterocycles. The number of para-hydroxylation sites is 1. The van der Waals surface area contributed by atoms with E-state index in [1.165, 1.54) is 161 Å². The molecule has 0 saturated heterocycles. The van der Waals surface area contributed by atoms with Gasteiger partial charge in [0.1, 0.15) is 5.70 Å². The molecule has 0 N–H and O–H groups in total. The van der Waals surface area contributed by atoms with Gasteiger partial charge in [0.15, 0.2) is 0 Å². The van der Waals surface area contributed by atoms with Crippen molar-refractivity contribution in [1.82, 2.24) is 0 Å². The topological polar surface area (TPSA) is 55.8 Å². The predicted molar refractivity (Wildman–Crippen MR) is 239 cm³/mol. The monoisotopic (exact) mass is 763 g/mol. The van der Waals surface area contributed by atoms with Crippen LogP contribution >= 0.6 is 0 Å². The highest BCUT2D eigenvalue weighted by Crippen LogP contribution is 2.75. The van der Waals surface area contributed by atoms with Gasteiger partial charge in [-0.05, 0) is 164 Å². The van der Waals surface area contributed by atoms with E-state index in [-0.39, 0.29) is 29.5 Å². The van der Waals surface area contributed by atoms with Crippen LogP contribution in [0.25, 0.3) is 125 Å². The maximum Gasteiger partial charge on any atom is 0.355 e. The summed E-state index contributed by atoms with van der Waals surface area (Å²) in [4.78, 5) is 31.6. The Balaban J connectivity index is 1.15. The maximum absolute atomic E-state index is 14.9. The van der Waals surface area contributed by atoms with Crippen LogP contribution in [-0.2, 0) is 19.1 Å². The van der Waals surface area contributed by atoms with Gasteiger partial charge in [0, 0.05) is 29.4 Å². The van der Waals surface area contributed by atoms with Crippen LogP contribution in [0.5, 0.6) is 0 Å². The number of nitrogens with zero attached hydrogens (tertiary/aromatic N) is 1. The zero-order chi connectivity index (χ0) is 38.4. The molecular weight excluding hydrogens is 739 g/mol. The molecule has 0 fully saturated rings. The Morgan fingerprint density at radius 2 is 1.10 bits per heavy atom. The lowest BCUT2D eigenvalue weighted by molar-refractivity contribution is -0.140. The van der Waals surface area contributed by atoms with E-state index in [9.17, 15) is 9.59 Å². The fourth-order valence-corrected chi connectivity index (χ4v) is 16.1. The molecule has 0 spiro atoms. The average Bonchev–Trinajstić information content (AvgIpc) is 4.12. The van der Waals surface area contributed by atoms with Gasteiger partial charge < -0.3 is 14.4 Å². The van der Waals surface area contributed by atoms with Gasteiger partial charge in [0.25, 0.3) is 0 Å². The molecule has 60 heavy (non-hydrogen) atoms.